The van der Waals surface area contributed by atoms with Gasteiger partial charge in [-0.05, 0) is 36.2 Å². The molecule has 1 atom stereocenters. The maximum Gasteiger partial charge on any atom is 0.257 e. The van der Waals surface area contributed by atoms with Gasteiger partial charge in [0, 0.05) is 12.0 Å². The third-order valence-electron chi connectivity index (χ3n) is 4.38. The summed E-state index contributed by atoms with van der Waals surface area (Å²) in [7, 11) is 0. The van der Waals surface area contributed by atoms with Crippen LogP contribution in [0.5, 0.6) is 0 Å². The van der Waals surface area contributed by atoms with E-state index in [1.54, 1.807) is 24.3 Å². The molecule has 2 aromatic carbocycles. The molecule has 0 aliphatic carbocycles. The number of aromatic amines is 1. The van der Waals surface area contributed by atoms with Gasteiger partial charge in [0.15, 0.2) is 0 Å². The van der Waals surface area contributed by atoms with Crippen LogP contribution in [0.1, 0.15) is 22.3 Å². The molecule has 4 rings (SSSR count). The van der Waals surface area contributed by atoms with Crippen LogP contribution in [0, 0.1) is 5.92 Å². The lowest BCUT2D eigenvalue weighted by Crippen LogP contribution is -2.22. The lowest BCUT2D eigenvalue weighted by molar-refractivity contribution is -0.125. The van der Waals surface area contributed by atoms with E-state index in [9.17, 15) is 14.4 Å². The summed E-state index contributed by atoms with van der Waals surface area (Å²) in [5.74, 6) is -0.688. The molecule has 1 aromatic heterocycles. The van der Waals surface area contributed by atoms with Crippen LogP contribution < -0.4 is 10.6 Å². The number of aromatic nitrogens is 2. The van der Waals surface area contributed by atoms with E-state index < -0.39 is 0 Å². The highest BCUT2D eigenvalue weighted by Gasteiger charge is 2.30. The molecule has 3 amide bonds. The first-order valence-electron chi connectivity index (χ1n) is 8.27. The number of nitrogens with zero attached hydrogens (tertiary/aromatic N) is 1. The fourth-order valence-corrected chi connectivity index (χ4v) is 3.04. The minimum absolute atomic E-state index is 0.215. The molecule has 1 aliphatic heterocycles. The number of carbonyl (C=O) groups is 3. The Kier molecular flexibility index (Phi) is 3.96. The third kappa shape index (κ3) is 3.19. The maximum atomic E-state index is 12.4. The van der Waals surface area contributed by atoms with Gasteiger partial charge >= 0.3 is 0 Å². The van der Waals surface area contributed by atoms with Crippen molar-refractivity contribution in [2.45, 2.75) is 12.8 Å². The number of fused-ring (bicyclic) bond motifs is 1. The quantitative estimate of drug-likeness (QED) is 0.628. The second-order valence-corrected chi connectivity index (χ2v) is 6.27. The maximum absolute atomic E-state index is 12.4. The first-order valence-corrected chi connectivity index (χ1v) is 8.27. The Morgan fingerprint density at radius 2 is 1.88 bits per heavy atom. The van der Waals surface area contributed by atoms with Crippen LogP contribution in [0.3, 0.4) is 0 Å². The molecule has 1 saturated heterocycles. The average molecular weight is 348 g/mol. The number of amides is 3. The molecule has 0 radical (unpaired) electrons. The fourth-order valence-electron chi connectivity index (χ4n) is 3.04. The van der Waals surface area contributed by atoms with Crippen molar-refractivity contribution in [1.29, 1.82) is 0 Å². The van der Waals surface area contributed by atoms with Crippen molar-refractivity contribution in [1.82, 2.24) is 15.3 Å². The van der Waals surface area contributed by atoms with Crippen molar-refractivity contribution in [2.75, 3.05) is 5.32 Å². The zero-order valence-electron chi connectivity index (χ0n) is 13.8. The van der Waals surface area contributed by atoms with Crippen LogP contribution in [-0.2, 0) is 16.0 Å². The Morgan fingerprint density at radius 1 is 1.12 bits per heavy atom. The van der Waals surface area contributed by atoms with Gasteiger partial charge in [0.2, 0.25) is 17.8 Å². The molecule has 1 aliphatic rings. The van der Waals surface area contributed by atoms with Crippen molar-refractivity contribution in [3.05, 3.63) is 59.7 Å². The number of imidazole rings is 1. The van der Waals surface area contributed by atoms with Crippen molar-refractivity contribution < 1.29 is 14.4 Å². The average Bonchev–Trinajstić information content (AvgIpc) is 3.17. The third-order valence-corrected chi connectivity index (χ3v) is 4.38. The molecule has 3 N–H and O–H groups in total. The summed E-state index contributed by atoms with van der Waals surface area (Å²) in [6.07, 6.45) is 0.691. The Balaban J connectivity index is 1.43. The normalized spacial score (nSPS) is 16.7. The van der Waals surface area contributed by atoms with E-state index in [4.69, 9.17) is 0 Å². The number of hydrogen-bond donors (Lipinski definition) is 3. The molecule has 0 spiro atoms. The number of carbonyl (C=O) groups excluding carboxylic acids is 3. The van der Waals surface area contributed by atoms with E-state index in [0.717, 1.165) is 16.6 Å². The highest BCUT2D eigenvalue weighted by atomic mass is 16.2. The summed E-state index contributed by atoms with van der Waals surface area (Å²) in [6.45, 7) is 0. The fraction of sp³-hybridized carbons (Fsp3) is 0.158. The SMILES string of the molecule is O=C1CC(Cc2ccc(C(=O)Nc3nc4ccccc4[nH]3)cc2)C(=O)N1. The predicted octanol–water partition coefficient (Wildman–Crippen LogP) is 2.02. The smallest absolute Gasteiger partial charge is 0.257 e. The Morgan fingerprint density at radius 3 is 2.58 bits per heavy atom. The molecule has 7 nitrogen and oxygen atoms in total. The van der Waals surface area contributed by atoms with E-state index in [2.05, 4.69) is 20.6 Å². The minimum atomic E-state index is -0.335. The minimum Gasteiger partial charge on any atom is -0.324 e. The summed E-state index contributed by atoms with van der Waals surface area (Å²) < 4.78 is 0. The summed E-state index contributed by atoms with van der Waals surface area (Å²) in [4.78, 5) is 42.6. The van der Waals surface area contributed by atoms with Crippen LogP contribution in [0.2, 0.25) is 0 Å². The van der Waals surface area contributed by atoms with Crippen LogP contribution in [0.4, 0.5) is 5.95 Å². The molecule has 2 heterocycles. The summed E-state index contributed by atoms with van der Waals surface area (Å²) >= 11 is 0. The second kappa shape index (κ2) is 6.44. The lowest BCUT2D eigenvalue weighted by atomic mass is 9.97. The number of imide groups is 1. The molecular weight excluding hydrogens is 332 g/mol. The molecular formula is C19H16N4O3. The van der Waals surface area contributed by atoms with Crippen LogP contribution in [-0.4, -0.2) is 27.7 Å². The van der Waals surface area contributed by atoms with E-state index in [1.165, 1.54) is 0 Å². The number of benzene rings is 2. The van der Waals surface area contributed by atoms with Crippen molar-refractivity contribution in [2.24, 2.45) is 5.92 Å². The van der Waals surface area contributed by atoms with Crippen molar-refractivity contribution in [3.8, 4) is 0 Å². The van der Waals surface area contributed by atoms with Crippen LogP contribution in [0.25, 0.3) is 11.0 Å². The summed E-state index contributed by atoms with van der Waals surface area (Å²) in [5.41, 5.74) is 3.02. The predicted molar refractivity (Wildman–Crippen MR) is 95.4 cm³/mol. The molecule has 7 heteroatoms. The number of hydrogen-bond acceptors (Lipinski definition) is 4. The van der Waals surface area contributed by atoms with Crippen LogP contribution in [0.15, 0.2) is 48.5 Å². The van der Waals surface area contributed by atoms with E-state index in [-0.39, 0.29) is 30.1 Å². The molecule has 130 valence electrons. The molecule has 1 fully saturated rings. The number of rotatable bonds is 4. The summed E-state index contributed by atoms with van der Waals surface area (Å²) in [5, 5.41) is 5.04. The second-order valence-electron chi connectivity index (χ2n) is 6.27. The molecule has 1 unspecified atom stereocenters. The van der Waals surface area contributed by atoms with E-state index in [0.29, 0.717) is 17.9 Å². The topological polar surface area (TPSA) is 104 Å². The molecule has 0 bridgehead atoms. The van der Waals surface area contributed by atoms with Gasteiger partial charge in [-0.15, -0.1) is 0 Å². The van der Waals surface area contributed by atoms with Crippen molar-refractivity contribution >= 4 is 34.7 Å². The lowest BCUT2D eigenvalue weighted by Gasteiger charge is -2.07. The highest BCUT2D eigenvalue weighted by molar-refractivity contribution is 6.04. The zero-order chi connectivity index (χ0) is 18.1. The van der Waals surface area contributed by atoms with Gasteiger partial charge in [-0.25, -0.2) is 4.98 Å². The number of nitrogens with one attached hydrogen (secondary N) is 3. The van der Waals surface area contributed by atoms with Gasteiger partial charge in [-0.1, -0.05) is 24.3 Å². The highest BCUT2D eigenvalue weighted by Crippen LogP contribution is 2.18. The van der Waals surface area contributed by atoms with Gasteiger partial charge < -0.3 is 4.98 Å². The molecule has 0 saturated carbocycles. The Hall–Kier alpha value is -3.48. The monoisotopic (exact) mass is 348 g/mol. The van der Waals surface area contributed by atoms with E-state index >= 15 is 0 Å². The van der Waals surface area contributed by atoms with E-state index in [1.807, 2.05) is 24.3 Å². The first-order chi connectivity index (χ1) is 12.6. The largest absolute Gasteiger partial charge is 0.324 e. The number of H-pyrrole nitrogens is 1. The number of para-hydroxylation sites is 2. The first kappa shape index (κ1) is 16.0. The Labute approximate surface area is 148 Å². The standard InChI is InChI=1S/C19H16N4O3/c24-16-10-13(18(26)22-16)9-11-5-7-12(8-6-11)17(25)23-19-20-14-3-1-2-4-15(14)21-19/h1-8,13H,9-10H2,(H,22,24,26)(H2,20,21,23,25). The van der Waals surface area contributed by atoms with Crippen LogP contribution >= 0.6 is 0 Å². The van der Waals surface area contributed by atoms with Gasteiger partial charge in [-0.2, -0.15) is 0 Å². The zero-order valence-corrected chi connectivity index (χ0v) is 13.8. The van der Waals surface area contributed by atoms with Gasteiger partial charge in [0.05, 0.1) is 17.0 Å². The van der Waals surface area contributed by atoms with Crippen molar-refractivity contribution in [3.63, 3.8) is 0 Å². The Bertz CT molecular complexity index is 974. The molecule has 26 heavy (non-hydrogen) atoms. The number of anilines is 1. The van der Waals surface area contributed by atoms with Gasteiger partial charge in [-0.3, -0.25) is 25.0 Å². The summed E-state index contributed by atoms with van der Waals surface area (Å²) in [6, 6.07) is 14.5. The van der Waals surface area contributed by atoms with Gasteiger partial charge in [0.25, 0.3) is 5.91 Å². The van der Waals surface area contributed by atoms with Gasteiger partial charge in [0.1, 0.15) is 0 Å². The molecule has 3 aromatic rings.